The Hall–Kier alpha value is -4.05. The Morgan fingerprint density at radius 1 is 0.543 bits per heavy atom. The summed E-state index contributed by atoms with van der Waals surface area (Å²) in [6.45, 7) is 16.4. The Labute approximate surface area is 436 Å². The Morgan fingerprint density at radius 3 is 1.63 bits per heavy atom. The van der Waals surface area contributed by atoms with Gasteiger partial charge in [0.15, 0.2) is 5.71 Å². The van der Waals surface area contributed by atoms with Crippen LogP contribution in [0.15, 0.2) is 132 Å². The van der Waals surface area contributed by atoms with Crippen molar-refractivity contribution in [3.63, 3.8) is 0 Å². The van der Waals surface area contributed by atoms with E-state index in [1.165, 1.54) is 191 Å². The Bertz CT molecular complexity index is 2360. The normalized spacial score (nSPS) is 17.1. The third kappa shape index (κ3) is 13.5. The van der Waals surface area contributed by atoms with E-state index in [0.29, 0.717) is 0 Å². The number of benzene rings is 4. The minimum absolute atomic E-state index is 0.108. The number of allylic oxidation sites excluding steroid dienone is 5. The molecule has 4 aromatic carbocycles. The van der Waals surface area contributed by atoms with E-state index in [2.05, 4.69) is 165 Å². The summed E-state index contributed by atoms with van der Waals surface area (Å²) < 4.78 is 2.70. The van der Waals surface area contributed by atoms with Gasteiger partial charge in [-0.3, -0.25) is 0 Å². The van der Waals surface area contributed by atoms with Crippen molar-refractivity contribution in [2.24, 2.45) is 0 Å². The van der Waals surface area contributed by atoms with Crippen LogP contribution in [0, 0.1) is 0 Å². The van der Waals surface area contributed by atoms with E-state index < -0.39 is 0 Å². The van der Waals surface area contributed by atoms with Crippen LogP contribution in [0.2, 0.25) is 10.0 Å². The lowest BCUT2D eigenvalue weighted by Gasteiger charge is -2.30. The number of halogens is 2. The minimum atomic E-state index is -0.181. The van der Waals surface area contributed by atoms with Gasteiger partial charge in [0, 0.05) is 74.9 Å². The molecule has 7 rings (SSSR count). The second-order valence-corrected chi connectivity index (χ2v) is 22.8. The molecule has 5 heteroatoms. The highest BCUT2D eigenvalue weighted by Gasteiger charge is 2.45. The molecule has 1 aliphatic carbocycles. The van der Waals surface area contributed by atoms with E-state index >= 15 is 0 Å². The predicted molar refractivity (Wildman–Crippen MR) is 306 cm³/mol. The number of hydrogen-bond donors (Lipinski definition) is 0. The summed E-state index contributed by atoms with van der Waals surface area (Å²) in [6, 6.07) is 35.4. The number of fused-ring (bicyclic) bond motifs is 2. The lowest BCUT2D eigenvalue weighted by molar-refractivity contribution is -0.440. The van der Waals surface area contributed by atoms with E-state index in [-0.39, 0.29) is 10.8 Å². The quantitative estimate of drug-likeness (QED) is 0.0396. The first kappa shape index (κ1) is 53.7. The maximum Gasteiger partial charge on any atom is 0.209 e. The van der Waals surface area contributed by atoms with E-state index in [9.17, 15) is 0 Å². The highest BCUT2D eigenvalue weighted by Crippen LogP contribution is 2.50. The number of nitrogens with zero attached hydrogens (tertiary/aromatic N) is 3. The molecule has 0 N–H and O–H groups in total. The molecule has 0 bridgehead atoms. The Balaban J connectivity index is 1.19. The Morgan fingerprint density at radius 2 is 1.06 bits per heavy atom. The number of hydrogen-bond acceptors (Lipinski definition) is 2. The molecule has 0 amide bonds. The van der Waals surface area contributed by atoms with Gasteiger partial charge in [0.05, 0.1) is 5.41 Å². The van der Waals surface area contributed by atoms with Crippen LogP contribution < -0.4 is 9.80 Å². The van der Waals surface area contributed by atoms with E-state index in [4.69, 9.17) is 23.2 Å². The Kier molecular flexibility index (Phi) is 20.4. The minimum Gasteiger partial charge on any atom is -0.344 e. The van der Waals surface area contributed by atoms with Crippen molar-refractivity contribution >= 4 is 51.7 Å². The van der Waals surface area contributed by atoms with Gasteiger partial charge in [-0.2, -0.15) is 4.58 Å². The first-order chi connectivity index (χ1) is 34.1. The molecule has 376 valence electrons. The highest BCUT2D eigenvalue weighted by atomic mass is 35.5. The summed E-state index contributed by atoms with van der Waals surface area (Å²) in [4.78, 5) is 5.19. The molecule has 0 spiro atoms. The molecule has 3 aliphatic rings. The van der Waals surface area contributed by atoms with E-state index in [1.54, 1.807) is 0 Å². The average molecular weight is 982 g/mol. The zero-order chi connectivity index (χ0) is 49.4. The second kappa shape index (κ2) is 26.6. The first-order valence-corrected chi connectivity index (χ1v) is 28.9. The molecule has 0 saturated heterocycles. The zero-order valence-electron chi connectivity index (χ0n) is 44.4. The van der Waals surface area contributed by atoms with Crippen LogP contribution >= 0.6 is 23.2 Å². The third-order valence-corrected chi connectivity index (χ3v) is 16.5. The summed E-state index contributed by atoms with van der Waals surface area (Å²) in [7, 11) is 0. The third-order valence-electron chi connectivity index (χ3n) is 16.0. The van der Waals surface area contributed by atoms with Crippen LogP contribution in [0.4, 0.5) is 22.7 Å². The fourth-order valence-electron chi connectivity index (χ4n) is 12.0. The SMILES string of the molecule is CCCCCCCCCCCCN1/C(=C/C=C2\CCC(CCC3=[N+](CCCCCCCCCCCC)c4ccc(Cl)cc4C3(C)C)=C2N(c2ccccc2)c2ccccc2)C(C)(C)c2cc(Cl)ccc21. The van der Waals surface area contributed by atoms with Gasteiger partial charge < -0.3 is 9.80 Å². The maximum atomic E-state index is 6.77. The number of anilines is 3. The fraction of sp³-hybridized carbons (Fsp3) is 0.523. The van der Waals surface area contributed by atoms with E-state index in [0.717, 1.165) is 48.8 Å². The van der Waals surface area contributed by atoms with Gasteiger partial charge >= 0.3 is 0 Å². The van der Waals surface area contributed by atoms with Crippen molar-refractivity contribution in [3.8, 4) is 0 Å². The van der Waals surface area contributed by atoms with Crippen molar-refractivity contribution in [1.29, 1.82) is 0 Å². The lowest BCUT2D eigenvalue weighted by atomic mass is 9.79. The molecule has 4 aromatic rings. The van der Waals surface area contributed by atoms with Gasteiger partial charge in [-0.1, -0.05) is 203 Å². The highest BCUT2D eigenvalue weighted by molar-refractivity contribution is 6.31. The van der Waals surface area contributed by atoms with Gasteiger partial charge in [-0.15, -0.1) is 0 Å². The van der Waals surface area contributed by atoms with Crippen LogP contribution in [0.3, 0.4) is 0 Å². The van der Waals surface area contributed by atoms with Crippen molar-refractivity contribution in [2.75, 3.05) is 22.9 Å². The molecule has 2 heterocycles. The van der Waals surface area contributed by atoms with Gasteiger partial charge in [-0.25, -0.2) is 0 Å². The lowest BCUT2D eigenvalue weighted by Crippen LogP contribution is -2.30. The molecule has 2 aliphatic heterocycles. The molecule has 0 saturated carbocycles. The van der Waals surface area contributed by atoms with Crippen molar-refractivity contribution in [3.05, 3.63) is 153 Å². The molecular weight excluding hydrogens is 894 g/mol. The molecule has 3 nitrogen and oxygen atoms in total. The van der Waals surface area contributed by atoms with Gasteiger partial charge in [0.2, 0.25) is 5.69 Å². The van der Waals surface area contributed by atoms with Crippen LogP contribution in [0.25, 0.3) is 0 Å². The monoisotopic (exact) mass is 981 g/mol. The molecule has 0 unspecified atom stereocenters. The topological polar surface area (TPSA) is 9.49 Å². The number of para-hydroxylation sites is 2. The first-order valence-electron chi connectivity index (χ1n) is 28.1. The van der Waals surface area contributed by atoms with Crippen molar-refractivity contribution < 1.29 is 4.58 Å². The molecular formula is C65H88Cl2N3+. The van der Waals surface area contributed by atoms with Crippen molar-refractivity contribution in [2.45, 2.75) is 206 Å². The summed E-state index contributed by atoms with van der Waals surface area (Å²) in [5.74, 6) is 0. The maximum absolute atomic E-state index is 6.77. The van der Waals surface area contributed by atoms with E-state index in [1.807, 2.05) is 0 Å². The predicted octanol–water partition coefficient (Wildman–Crippen LogP) is 20.5. The largest absolute Gasteiger partial charge is 0.344 e. The van der Waals surface area contributed by atoms with Crippen LogP contribution in [-0.4, -0.2) is 23.4 Å². The smallest absolute Gasteiger partial charge is 0.209 e. The second-order valence-electron chi connectivity index (χ2n) is 21.9. The molecule has 0 aromatic heterocycles. The fourth-order valence-corrected chi connectivity index (χ4v) is 12.3. The molecule has 0 atom stereocenters. The summed E-state index contributed by atoms with van der Waals surface area (Å²) in [5, 5.41) is 1.64. The van der Waals surface area contributed by atoms with Gasteiger partial charge in [0.25, 0.3) is 0 Å². The standard InChI is InChI=1S/C65H88Cl2N3/c1-7-9-11-13-15-17-19-21-23-31-47-68-59-43-41-53(66)49-57(59)64(3,4)61(68)45-39-51-37-38-52(63(51)70(55-33-27-25-28-34-55)56-35-29-26-30-36-56)40-46-62-65(5,6)58-50-54(67)42-44-60(58)69(62)48-32-24-22-20-18-16-14-12-10-8-2/h25-30,33-36,39,41-45,49-50H,7-24,31-32,37-38,40,46-48H2,1-6H3/q+1/b51-39+,61-45+. The van der Waals surface area contributed by atoms with Gasteiger partial charge in [0.1, 0.15) is 6.54 Å². The molecule has 0 radical (unpaired) electrons. The number of unbranched alkanes of at least 4 members (excludes halogenated alkanes) is 18. The van der Waals surface area contributed by atoms with Crippen LogP contribution in [-0.2, 0) is 10.8 Å². The van der Waals surface area contributed by atoms with Crippen LogP contribution in [0.5, 0.6) is 0 Å². The summed E-state index contributed by atoms with van der Waals surface area (Å²) in [5.41, 5.74) is 14.7. The number of rotatable bonds is 29. The zero-order valence-corrected chi connectivity index (χ0v) is 45.9. The molecule has 0 fully saturated rings. The molecule has 70 heavy (non-hydrogen) atoms. The summed E-state index contributed by atoms with van der Waals surface area (Å²) in [6.07, 6.45) is 35.9. The van der Waals surface area contributed by atoms with Crippen LogP contribution in [0.1, 0.15) is 207 Å². The summed E-state index contributed by atoms with van der Waals surface area (Å²) >= 11 is 13.5. The van der Waals surface area contributed by atoms with Gasteiger partial charge in [-0.05, 0) is 123 Å². The average Bonchev–Trinajstić information content (AvgIpc) is 3.92. The van der Waals surface area contributed by atoms with Crippen molar-refractivity contribution in [1.82, 2.24) is 0 Å².